The summed E-state index contributed by atoms with van der Waals surface area (Å²) in [4.78, 5) is 38.2. The van der Waals surface area contributed by atoms with Crippen molar-refractivity contribution in [3.63, 3.8) is 0 Å². The third kappa shape index (κ3) is 3.30. The molecular formula is C15H15NO6. The monoisotopic (exact) mass is 305 g/mol. The molecule has 22 heavy (non-hydrogen) atoms. The van der Waals surface area contributed by atoms with Crippen molar-refractivity contribution in [2.45, 2.75) is 19.3 Å². The van der Waals surface area contributed by atoms with Gasteiger partial charge in [0.1, 0.15) is 12.5 Å². The molecule has 1 atom stereocenters. The highest BCUT2D eigenvalue weighted by atomic mass is 16.7. The van der Waals surface area contributed by atoms with Crippen molar-refractivity contribution in [2.24, 2.45) is 4.99 Å². The summed E-state index contributed by atoms with van der Waals surface area (Å²) < 4.78 is 9.52. The maximum absolute atomic E-state index is 12.1. The Labute approximate surface area is 126 Å². The number of carbonyl (C=O) groups is 3. The number of hydrogen-bond acceptors (Lipinski definition) is 5. The molecule has 1 aromatic carbocycles. The van der Waals surface area contributed by atoms with E-state index in [-0.39, 0.29) is 19.1 Å². The highest BCUT2D eigenvalue weighted by Crippen LogP contribution is 2.27. The van der Waals surface area contributed by atoms with E-state index < -0.39 is 18.0 Å². The maximum Gasteiger partial charge on any atom is 0.505 e. The Morgan fingerprint density at radius 3 is 2.82 bits per heavy atom. The number of nitrogens with zero attached hydrogens (tertiary/aromatic N) is 1. The Hall–Kier alpha value is -2.70. The first-order valence-electron chi connectivity index (χ1n) is 6.75. The largest absolute Gasteiger partial charge is 0.505 e. The predicted molar refractivity (Wildman–Crippen MR) is 76.3 cm³/mol. The molecule has 1 unspecified atom stereocenters. The van der Waals surface area contributed by atoms with E-state index in [1.165, 1.54) is 6.21 Å². The third-order valence-electron chi connectivity index (χ3n) is 3.27. The van der Waals surface area contributed by atoms with E-state index in [9.17, 15) is 14.4 Å². The first kappa shape index (κ1) is 15.7. The van der Waals surface area contributed by atoms with Gasteiger partial charge in [0.2, 0.25) is 0 Å². The van der Waals surface area contributed by atoms with Crippen molar-refractivity contribution >= 4 is 24.2 Å². The minimum absolute atomic E-state index is 0.165. The van der Waals surface area contributed by atoms with Crippen LogP contribution in [0.4, 0.5) is 4.79 Å². The van der Waals surface area contributed by atoms with Crippen molar-refractivity contribution in [2.75, 3.05) is 13.2 Å². The summed E-state index contributed by atoms with van der Waals surface area (Å²) in [6.07, 6.45) is 0.381. The molecule has 1 aliphatic heterocycles. The van der Waals surface area contributed by atoms with Crippen molar-refractivity contribution in [3.8, 4) is 0 Å². The van der Waals surface area contributed by atoms with Gasteiger partial charge in [0, 0.05) is 18.2 Å². The average Bonchev–Trinajstić information content (AvgIpc) is 2.48. The summed E-state index contributed by atoms with van der Waals surface area (Å²) in [5, 5.41) is 8.65. The van der Waals surface area contributed by atoms with Crippen LogP contribution in [0.3, 0.4) is 0 Å². The number of benzene rings is 1. The van der Waals surface area contributed by atoms with Gasteiger partial charge in [0.25, 0.3) is 5.91 Å². The Balaban J connectivity index is 2.39. The number of carboxylic acid groups (broad SMARTS) is 1. The molecule has 116 valence electrons. The molecule has 1 heterocycles. The molecular weight excluding hydrogens is 290 g/mol. The van der Waals surface area contributed by atoms with Crippen molar-refractivity contribution in [1.29, 1.82) is 0 Å². The van der Waals surface area contributed by atoms with E-state index in [1.54, 1.807) is 25.1 Å². The molecule has 7 heteroatoms. The molecule has 0 saturated heterocycles. The van der Waals surface area contributed by atoms with Crippen LogP contribution in [0.15, 0.2) is 23.2 Å². The molecule has 1 aromatic rings. The number of aliphatic imine (C=N–C) groups is 1. The number of fused-ring (bicyclic) bond motifs is 1. The Kier molecular flexibility index (Phi) is 4.88. The fourth-order valence-corrected chi connectivity index (χ4v) is 2.33. The number of carbonyl (C=O) groups excluding carboxylic acids is 2. The van der Waals surface area contributed by atoms with Crippen LogP contribution in [0.2, 0.25) is 0 Å². The van der Waals surface area contributed by atoms with Crippen LogP contribution in [0.1, 0.15) is 34.3 Å². The molecule has 0 saturated carbocycles. The van der Waals surface area contributed by atoms with Crippen LogP contribution in [-0.4, -0.2) is 42.6 Å². The van der Waals surface area contributed by atoms with Crippen LogP contribution in [0, 0.1) is 0 Å². The van der Waals surface area contributed by atoms with E-state index in [4.69, 9.17) is 9.84 Å². The molecule has 1 aliphatic rings. The van der Waals surface area contributed by atoms with Crippen LogP contribution < -0.4 is 0 Å². The summed E-state index contributed by atoms with van der Waals surface area (Å²) in [6, 6.07) is 4.91. The van der Waals surface area contributed by atoms with Gasteiger partial charge in [-0.2, -0.15) is 0 Å². The number of amides is 1. The quantitative estimate of drug-likeness (QED) is 0.832. The zero-order chi connectivity index (χ0) is 16.1. The fraction of sp³-hybridized carbons (Fsp3) is 0.333. The fourth-order valence-electron chi connectivity index (χ4n) is 2.33. The van der Waals surface area contributed by atoms with E-state index in [0.29, 0.717) is 23.1 Å². The SMILES string of the molecule is CCOC(=O)C(COC(=O)O)c1cccc2c1CC=NC2=O. The molecule has 0 aromatic heterocycles. The molecule has 0 aliphatic carbocycles. The van der Waals surface area contributed by atoms with Gasteiger partial charge in [-0.3, -0.25) is 9.59 Å². The van der Waals surface area contributed by atoms with Crippen molar-refractivity contribution < 1.29 is 29.0 Å². The second-order valence-corrected chi connectivity index (χ2v) is 4.58. The minimum atomic E-state index is -1.48. The van der Waals surface area contributed by atoms with Gasteiger partial charge in [-0.15, -0.1) is 0 Å². The van der Waals surface area contributed by atoms with Gasteiger partial charge >= 0.3 is 12.1 Å². The third-order valence-corrected chi connectivity index (χ3v) is 3.27. The lowest BCUT2D eigenvalue weighted by atomic mass is 9.88. The maximum atomic E-state index is 12.1. The Morgan fingerprint density at radius 1 is 1.36 bits per heavy atom. The molecule has 0 fully saturated rings. The van der Waals surface area contributed by atoms with Crippen LogP contribution in [0.5, 0.6) is 0 Å². The van der Waals surface area contributed by atoms with Crippen LogP contribution >= 0.6 is 0 Å². The summed E-state index contributed by atoms with van der Waals surface area (Å²) in [7, 11) is 0. The minimum Gasteiger partial charge on any atom is -0.465 e. The smallest absolute Gasteiger partial charge is 0.465 e. The van der Waals surface area contributed by atoms with Crippen molar-refractivity contribution in [1.82, 2.24) is 0 Å². The second-order valence-electron chi connectivity index (χ2n) is 4.58. The summed E-state index contributed by atoms with van der Waals surface area (Å²) >= 11 is 0. The highest BCUT2D eigenvalue weighted by molar-refractivity contribution is 6.04. The van der Waals surface area contributed by atoms with E-state index in [1.807, 2.05) is 0 Å². The zero-order valence-electron chi connectivity index (χ0n) is 11.9. The van der Waals surface area contributed by atoms with Crippen molar-refractivity contribution in [3.05, 3.63) is 34.9 Å². The molecule has 7 nitrogen and oxygen atoms in total. The first-order valence-corrected chi connectivity index (χ1v) is 6.75. The predicted octanol–water partition coefficient (Wildman–Crippen LogP) is 1.80. The molecule has 2 rings (SSSR count). The van der Waals surface area contributed by atoms with Crippen LogP contribution in [0.25, 0.3) is 0 Å². The summed E-state index contributed by atoms with van der Waals surface area (Å²) in [5.41, 5.74) is 1.58. The van der Waals surface area contributed by atoms with Gasteiger partial charge in [0.05, 0.1) is 6.61 Å². The average molecular weight is 305 g/mol. The highest BCUT2D eigenvalue weighted by Gasteiger charge is 2.29. The normalized spacial score (nSPS) is 14.1. The van der Waals surface area contributed by atoms with Gasteiger partial charge in [0.15, 0.2) is 0 Å². The number of esters is 1. The Morgan fingerprint density at radius 2 is 2.14 bits per heavy atom. The lowest BCUT2D eigenvalue weighted by molar-refractivity contribution is -0.146. The first-order chi connectivity index (χ1) is 10.5. The molecule has 1 N–H and O–H groups in total. The number of hydrogen-bond donors (Lipinski definition) is 1. The topological polar surface area (TPSA) is 102 Å². The second kappa shape index (κ2) is 6.84. The van der Waals surface area contributed by atoms with Crippen LogP contribution in [-0.2, 0) is 20.7 Å². The van der Waals surface area contributed by atoms with Gasteiger partial charge < -0.3 is 14.6 Å². The van der Waals surface area contributed by atoms with Gasteiger partial charge in [-0.25, -0.2) is 9.79 Å². The number of rotatable bonds is 5. The van der Waals surface area contributed by atoms with E-state index >= 15 is 0 Å². The molecule has 0 spiro atoms. The van der Waals surface area contributed by atoms with Gasteiger partial charge in [-0.05, 0) is 24.1 Å². The summed E-state index contributed by atoms with van der Waals surface area (Å²) in [6.45, 7) is 1.46. The zero-order valence-corrected chi connectivity index (χ0v) is 11.9. The Bertz CT molecular complexity index is 637. The molecule has 0 bridgehead atoms. The standard InChI is InChI=1S/C15H15NO6/c1-2-21-14(18)12(8-22-15(19)20)9-4-3-5-11-10(9)6-7-16-13(11)17/h3-5,7,12H,2,6,8H2,1H3,(H,19,20). The number of ether oxygens (including phenoxy) is 2. The lowest BCUT2D eigenvalue weighted by Gasteiger charge is -2.20. The van der Waals surface area contributed by atoms with E-state index in [2.05, 4.69) is 9.73 Å². The summed E-state index contributed by atoms with van der Waals surface area (Å²) in [5.74, 6) is -1.89. The lowest BCUT2D eigenvalue weighted by Crippen LogP contribution is -2.25. The van der Waals surface area contributed by atoms with Gasteiger partial charge in [-0.1, -0.05) is 12.1 Å². The van der Waals surface area contributed by atoms with E-state index in [0.717, 1.165) is 0 Å². The molecule has 0 radical (unpaired) electrons. The molecule has 1 amide bonds.